The van der Waals surface area contributed by atoms with Crippen LogP contribution in [-0.2, 0) is 0 Å². The Balaban J connectivity index is 1.91. The molecular formula is C17H17ClN4. The summed E-state index contributed by atoms with van der Waals surface area (Å²) in [6.07, 6.45) is 0. The number of nitrogens with one attached hydrogen (secondary N) is 1. The standard InChI is InChI=1S/C17H17ClN4/c1-11-3-8-16(14(19)9-11)22(2)17-10-15(20-21-17)12-4-6-13(18)7-5-12/h3-10H,19H2,1-2H3,(H,20,21). The van der Waals surface area contributed by atoms with Gasteiger partial charge in [0.25, 0.3) is 0 Å². The molecule has 3 N–H and O–H groups in total. The number of nitrogens with zero attached hydrogens (tertiary/aromatic N) is 2. The Morgan fingerprint density at radius 2 is 1.82 bits per heavy atom. The molecule has 0 radical (unpaired) electrons. The van der Waals surface area contributed by atoms with Crippen LogP contribution in [0.15, 0.2) is 48.5 Å². The van der Waals surface area contributed by atoms with Gasteiger partial charge in [0.2, 0.25) is 0 Å². The molecule has 0 atom stereocenters. The van der Waals surface area contributed by atoms with Crippen molar-refractivity contribution in [3.8, 4) is 11.3 Å². The lowest BCUT2D eigenvalue weighted by atomic mass is 10.1. The van der Waals surface area contributed by atoms with Crippen LogP contribution < -0.4 is 10.6 Å². The van der Waals surface area contributed by atoms with E-state index in [1.54, 1.807) is 0 Å². The van der Waals surface area contributed by atoms with Crippen LogP contribution >= 0.6 is 11.6 Å². The molecule has 3 rings (SSSR count). The highest BCUT2D eigenvalue weighted by Gasteiger charge is 2.12. The third kappa shape index (κ3) is 2.78. The van der Waals surface area contributed by atoms with Crippen LogP contribution in [0.4, 0.5) is 17.2 Å². The second-order valence-corrected chi connectivity index (χ2v) is 5.70. The van der Waals surface area contributed by atoms with Crippen molar-refractivity contribution in [2.24, 2.45) is 0 Å². The van der Waals surface area contributed by atoms with Crippen molar-refractivity contribution in [1.82, 2.24) is 10.2 Å². The van der Waals surface area contributed by atoms with E-state index in [1.165, 1.54) is 0 Å². The Morgan fingerprint density at radius 1 is 1.09 bits per heavy atom. The topological polar surface area (TPSA) is 57.9 Å². The number of aryl methyl sites for hydroxylation is 1. The molecule has 0 bridgehead atoms. The van der Waals surface area contributed by atoms with Crippen LogP contribution in [0.1, 0.15) is 5.56 Å². The Bertz CT molecular complexity index is 793. The van der Waals surface area contributed by atoms with Gasteiger partial charge < -0.3 is 10.6 Å². The van der Waals surface area contributed by atoms with Gasteiger partial charge in [-0.3, -0.25) is 5.10 Å². The third-order valence-electron chi connectivity index (χ3n) is 3.61. The van der Waals surface area contributed by atoms with Crippen molar-refractivity contribution in [3.05, 3.63) is 59.1 Å². The highest BCUT2D eigenvalue weighted by Crippen LogP contribution is 2.30. The molecule has 5 heteroatoms. The summed E-state index contributed by atoms with van der Waals surface area (Å²) >= 11 is 5.92. The maximum atomic E-state index is 6.10. The first-order valence-corrected chi connectivity index (χ1v) is 7.33. The van der Waals surface area contributed by atoms with E-state index in [4.69, 9.17) is 17.3 Å². The third-order valence-corrected chi connectivity index (χ3v) is 3.86. The largest absolute Gasteiger partial charge is 0.397 e. The monoisotopic (exact) mass is 312 g/mol. The number of aromatic nitrogens is 2. The molecule has 0 fully saturated rings. The molecule has 0 unspecified atom stereocenters. The van der Waals surface area contributed by atoms with Crippen molar-refractivity contribution in [2.45, 2.75) is 6.92 Å². The summed E-state index contributed by atoms with van der Waals surface area (Å²) < 4.78 is 0. The van der Waals surface area contributed by atoms with Gasteiger partial charge in [0.1, 0.15) is 0 Å². The molecule has 0 spiro atoms. The average Bonchev–Trinajstić information content (AvgIpc) is 2.97. The van der Waals surface area contributed by atoms with Gasteiger partial charge in [-0.2, -0.15) is 5.10 Å². The van der Waals surface area contributed by atoms with E-state index in [0.29, 0.717) is 5.02 Å². The minimum atomic E-state index is 0.716. The van der Waals surface area contributed by atoms with E-state index in [0.717, 1.165) is 34.0 Å². The van der Waals surface area contributed by atoms with Crippen molar-refractivity contribution in [1.29, 1.82) is 0 Å². The number of hydrogen-bond donors (Lipinski definition) is 2. The number of hydrogen-bond acceptors (Lipinski definition) is 3. The Kier molecular flexibility index (Phi) is 3.77. The summed E-state index contributed by atoms with van der Waals surface area (Å²) in [6.45, 7) is 2.02. The summed E-state index contributed by atoms with van der Waals surface area (Å²) in [5, 5.41) is 8.13. The van der Waals surface area contributed by atoms with Gasteiger partial charge in [-0.15, -0.1) is 0 Å². The Morgan fingerprint density at radius 3 is 2.50 bits per heavy atom. The molecule has 112 valence electrons. The minimum absolute atomic E-state index is 0.716. The van der Waals surface area contributed by atoms with E-state index in [2.05, 4.69) is 10.2 Å². The van der Waals surface area contributed by atoms with Crippen molar-refractivity contribution >= 4 is 28.8 Å². The van der Waals surface area contributed by atoms with Crippen molar-refractivity contribution in [2.75, 3.05) is 17.7 Å². The van der Waals surface area contributed by atoms with Crippen LogP contribution in [0.25, 0.3) is 11.3 Å². The van der Waals surface area contributed by atoms with Crippen LogP contribution in [0.2, 0.25) is 5.02 Å². The number of anilines is 3. The molecule has 4 nitrogen and oxygen atoms in total. The fourth-order valence-corrected chi connectivity index (χ4v) is 2.49. The zero-order valence-electron chi connectivity index (χ0n) is 12.5. The molecule has 0 saturated heterocycles. The van der Waals surface area contributed by atoms with Gasteiger partial charge in [-0.25, -0.2) is 0 Å². The van der Waals surface area contributed by atoms with E-state index in [9.17, 15) is 0 Å². The zero-order chi connectivity index (χ0) is 15.7. The smallest absolute Gasteiger partial charge is 0.155 e. The molecule has 3 aromatic rings. The first-order valence-electron chi connectivity index (χ1n) is 6.96. The molecule has 22 heavy (non-hydrogen) atoms. The van der Waals surface area contributed by atoms with Gasteiger partial charge >= 0.3 is 0 Å². The fourth-order valence-electron chi connectivity index (χ4n) is 2.36. The minimum Gasteiger partial charge on any atom is -0.397 e. The normalized spacial score (nSPS) is 10.7. The van der Waals surface area contributed by atoms with Gasteiger partial charge in [0, 0.05) is 18.1 Å². The number of nitrogens with two attached hydrogens (primary N) is 1. The molecule has 1 heterocycles. The highest BCUT2D eigenvalue weighted by molar-refractivity contribution is 6.30. The lowest BCUT2D eigenvalue weighted by Crippen LogP contribution is -2.12. The number of benzene rings is 2. The van der Waals surface area contributed by atoms with E-state index in [1.807, 2.05) is 67.4 Å². The van der Waals surface area contributed by atoms with Gasteiger partial charge in [-0.05, 0) is 42.3 Å². The van der Waals surface area contributed by atoms with Gasteiger partial charge in [0.05, 0.1) is 17.1 Å². The number of halogens is 1. The van der Waals surface area contributed by atoms with E-state index in [-0.39, 0.29) is 0 Å². The van der Waals surface area contributed by atoms with Crippen LogP contribution in [0.5, 0.6) is 0 Å². The zero-order valence-corrected chi connectivity index (χ0v) is 13.2. The Labute approximate surface area is 134 Å². The summed E-state index contributed by atoms with van der Waals surface area (Å²) in [5.74, 6) is 0.806. The van der Waals surface area contributed by atoms with Gasteiger partial charge in [-0.1, -0.05) is 29.8 Å². The molecule has 0 amide bonds. The lowest BCUT2D eigenvalue weighted by molar-refractivity contribution is 1.04. The molecule has 2 aromatic carbocycles. The summed E-state index contributed by atoms with van der Waals surface area (Å²) in [5.41, 5.74) is 10.9. The number of aromatic amines is 1. The van der Waals surface area contributed by atoms with Crippen LogP contribution in [0, 0.1) is 6.92 Å². The summed E-state index contributed by atoms with van der Waals surface area (Å²) in [4.78, 5) is 1.96. The molecule has 0 aliphatic heterocycles. The Hall–Kier alpha value is -2.46. The second-order valence-electron chi connectivity index (χ2n) is 5.27. The number of nitrogen functional groups attached to an aromatic ring is 1. The van der Waals surface area contributed by atoms with Crippen LogP contribution in [-0.4, -0.2) is 17.2 Å². The quantitative estimate of drug-likeness (QED) is 0.705. The predicted octanol–water partition coefficient (Wildman–Crippen LogP) is 4.39. The summed E-state index contributed by atoms with van der Waals surface area (Å²) in [6, 6.07) is 15.6. The van der Waals surface area contributed by atoms with Crippen molar-refractivity contribution < 1.29 is 0 Å². The second kappa shape index (κ2) is 5.73. The first-order chi connectivity index (χ1) is 10.5. The number of rotatable bonds is 3. The van der Waals surface area contributed by atoms with Crippen LogP contribution in [0.3, 0.4) is 0 Å². The fraction of sp³-hybridized carbons (Fsp3) is 0.118. The predicted molar refractivity (Wildman–Crippen MR) is 92.7 cm³/mol. The highest BCUT2D eigenvalue weighted by atomic mass is 35.5. The maximum absolute atomic E-state index is 6.10. The van der Waals surface area contributed by atoms with E-state index >= 15 is 0 Å². The molecule has 0 aliphatic rings. The molecule has 0 aliphatic carbocycles. The SMILES string of the molecule is Cc1ccc(N(C)c2cc(-c3ccc(Cl)cc3)[nH]n2)c(N)c1. The van der Waals surface area contributed by atoms with E-state index < -0.39 is 0 Å². The average molecular weight is 313 g/mol. The first kappa shape index (κ1) is 14.5. The summed E-state index contributed by atoms with van der Waals surface area (Å²) in [7, 11) is 1.95. The lowest BCUT2D eigenvalue weighted by Gasteiger charge is -2.18. The number of H-pyrrole nitrogens is 1. The molecule has 1 aromatic heterocycles. The molecular weight excluding hydrogens is 296 g/mol. The van der Waals surface area contributed by atoms with Gasteiger partial charge in [0.15, 0.2) is 5.82 Å². The van der Waals surface area contributed by atoms with Crippen molar-refractivity contribution in [3.63, 3.8) is 0 Å². The maximum Gasteiger partial charge on any atom is 0.155 e. The molecule has 0 saturated carbocycles.